The van der Waals surface area contributed by atoms with Gasteiger partial charge in [-0.25, -0.2) is 4.79 Å². The van der Waals surface area contributed by atoms with Gasteiger partial charge in [-0.05, 0) is 41.5 Å². The van der Waals surface area contributed by atoms with Crippen molar-refractivity contribution in [3.05, 3.63) is 64.7 Å². The number of aliphatic carboxylic acids is 1. The summed E-state index contributed by atoms with van der Waals surface area (Å²) < 4.78 is 0. The molecule has 0 saturated heterocycles. The molecule has 0 saturated carbocycles. The van der Waals surface area contributed by atoms with E-state index in [4.69, 9.17) is 11.6 Å². The van der Waals surface area contributed by atoms with Crippen LogP contribution in [-0.4, -0.2) is 16.2 Å². The monoisotopic (exact) mass is 274 g/mol. The molecule has 0 unspecified atom stereocenters. The van der Waals surface area contributed by atoms with Crippen molar-refractivity contribution >= 4 is 29.2 Å². The number of carbonyl (C=O) groups is 1. The van der Waals surface area contributed by atoms with Gasteiger partial charge in [-0.3, -0.25) is 0 Å². The van der Waals surface area contributed by atoms with Crippen LogP contribution >= 0.6 is 11.6 Å². The Kier molecular flexibility index (Phi) is 3.88. The minimum atomic E-state index is -1.06. The first-order valence-corrected chi connectivity index (χ1v) is 5.94. The quantitative estimate of drug-likeness (QED) is 0.663. The van der Waals surface area contributed by atoms with Gasteiger partial charge >= 0.3 is 5.97 Å². The zero-order valence-corrected chi connectivity index (χ0v) is 10.6. The van der Waals surface area contributed by atoms with Crippen molar-refractivity contribution in [1.29, 1.82) is 0 Å². The van der Waals surface area contributed by atoms with Crippen LogP contribution in [0.15, 0.2) is 48.5 Å². The maximum atomic E-state index is 11.3. The first-order chi connectivity index (χ1) is 9.06. The molecule has 0 atom stereocenters. The van der Waals surface area contributed by atoms with Crippen molar-refractivity contribution < 1.29 is 15.0 Å². The zero-order chi connectivity index (χ0) is 13.8. The van der Waals surface area contributed by atoms with Gasteiger partial charge in [-0.1, -0.05) is 35.9 Å². The summed E-state index contributed by atoms with van der Waals surface area (Å²) in [4.78, 5) is 11.3. The van der Waals surface area contributed by atoms with Crippen LogP contribution in [0.5, 0.6) is 5.75 Å². The lowest BCUT2D eigenvalue weighted by Crippen LogP contribution is -1.99. The molecule has 0 aliphatic heterocycles. The number of phenols is 1. The van der Waals surface area contributed by atoms with Crippen LogP contribution in [0.25, 0.3) is 11.6 Å². The molecule has 0 heterocycles. The van der Waals surface area contributed by atoms with Crippen LogP contribution in [0, 0.1) is 0 Å². The Morgan fingerprint density at radius 2 is 1.79 bits per heavy atom. The Labute approximate surface area is 115 Å². The highest BCUT2D eigenvalue weighted by atomic mass is 35.5. The molecule has 0 aliphatic carbocycles. The van der Waals surface area contributed by atoms with Crippen molar-refractivity contribution in [2.45, 2.75) is 0 Å². The largest absolute Gasteiger partial charge is 0.508 e. The summed E-state index contributed by atoms with van der Waals surface area (Å²) in [7, 11) is 0. The molecule has 3 nitrogen and oxygen atoms in total. The Bertz CT molecular complexity index is 630. The summed E-state index contributed by atoms with van der Waals surface area (Å²) in [6, 6.07) is 13.0. The average Bonchev–Trinajstić information content (AvgIpc) is 2.37. The highest BCUT2D eigenvalue weighted by Gasteiger charge is 2.10. The Morgan fingerprint density at radius 1 is 1.11 bits per heavy atom. The minimum absolute atomic E-state index is 0.0285. The van der Waals surface area contributed by atoms with Crippen molar-refractivity contribution in [1.82, 2.24) is 0 Å². The molecule has 2 rings (SSSR count). The molecule has 0 aliphatic rings. The fourth-order valence-electron chi connectivity index (χ4n) is 1.67. The van der Waals surface area contributed by atoms with Gasteiger partial charge in [0, 0.05) is 5.02 Å². The molecule has 2 N–H and O–H groups in total. The molecule has 2 aromatic rings. The lowest BCUT2D eigenvalue weighted by atomic mass is 10.0. The van der Waals surface area contributed by atoms with Gasteiger partial charge in [-0.2, -0.15) is 0 Å². The molecule has 19 heavy (non-hydrogen) atoms. The number of hydrogen-bond acceptors (Lipinski definition) is 2. The fraction of sp³-hybridized carbons (Fsp3) is 0. The van der Waals surface area contributed by atoms with Crippen LogP contribution in [0.1, 0.15) is 11.1 Å². The maximum absolute atomic E-state index is 11.3. The standard InChI is InChI=1S/C15H11ClO3/c16-12-6-4-10(5-7-12)8-14(15(18)19)11-2-1-3-13(17)9-11/h1-9,17H,(H,18,19)/b14-8-. The predicted molar refractivity (Wildman–Crippen MR) is 75.1 cm³/mol. The summed E-state index contributed by atoms with van der Waals surface area (Å²) in [5.74, 6) is -1.03. The van der Waals surface area contributed by atoms with E-state index < -0.39 is 5.97 Å². The number of halogens is 1. The second kappa shape index (κ2) is 5.59. The van der Waals surface area contributed by atoms with E-state index in [0.717, 1.165) is 5.56 Å². The van der Waals surface area contributed by atoms with E-state index in [-0.39, 0.29) is 11.3 Å². The molecule has 0 aromatic heterocycles. The summed E-state index contributed by atoms with van der Waals surface area (Å²) in [6.45, 7) is 0. The molecule has 0 radical (unpaired) electrons. The third-order valence-corrected chi connectivity index (χ3v) is 2.82. The number of carboxylic acid groups (broad SMARTS) is 1. The van der Waals surface area contributed by atoms with Gasteiger partial charge in [-0.15, -0.1) is 0 Å². The second-order valence-electron chi connectivity index (χ2n) is 3.97. The Morgan fingerprint density at radius 3 is 2.37 bits per heavy atom. The average molecular weight is 275 g/mol. The summed E-state index contributed by atoms with van der Waals surface area (Å²) in [5.41, 5.74) is 1.28. The molecule has 0 amide bonds. The molecule has 0 spiro atoms. The summed E-state index contributed by atoms with van der Waals surface area (Å²) in [6.07, 6.45) is 1.54. The van der Waals surface area contributed by atoms with Crippen LogP contribution in [0.4, 0.5) is 0 Å². The van der Waals surface area contributed by atoms with Gasteiger partial charge in [0.15, 0.2) is 0 Å². The molecular formula is C15H11ClO3. The highest BCUT2D eigenvalue weighted by molar-refractivity contribution is 6.30. The highest BCUT2D eigenvalue weighted by Crippen LogP contribution is 2.22. The van der Waals surface area contributed by atoms with Crippen LogP contribution in [0.3, 0.4) is 0 Å². The molecule has 0 bridgehead atoms. The van der Waals surface area contributed by atoms with E-state index in [9.17, 15) is 15.0 Å². The van der Waals surface area contributed by atoms with Crippen molar-refractivity contribution in [3.8, 4) is 5.75 Å². The zero-order valence-electron chi connectivity index (χ0n) is 9.88. The van der Waals surface area contributed by atoms with Crippen molar-refractivity contribution in [2.24, 2.45) is 0 Å². The van der Waals surface area contributed by atoms with Crippen LogP contribution in [-0.2, 0) is 4.79 Å². The predicted octanol–water partition coefficient (Wildman–Crippen LogP) is 3.67. The molecular weight excluding hydrogens is 264 g/mol. The number of rotatable bonds is 3. The van der Waals surface area contributed by atoms with Crippen LogP contribution in [0.2, 0.25) is 5.02 Å². The number of benzene rings is 2. The number of hydrogen-bond donors (Lipinski definition) is 2. The molecule has 4 heteroatoms. The number of aromatic hydroxyl groups is 1. The summed E-state index contributed by atoms with van der Waals surface area (Å²) in [5, 5.41) is 19.3. The van der Waals surface area contributed by atoms with E-state index >= 15 is 0 Å². The van der Waals surface area contributed by atoms with Gasteiger partial charge in [0.25, 0.3) is 0 Å². The Hall–Kier alpha value is -2.26. The SMILES string of the molecule is O=C(O)/C(=C\c1ccc(Cl)cc1)c1cccc(O)c1. The first-order valence-electron chi connectivity index (χ1n) is 5.56. The summed E-state index contributed by atoms with van der Waals surface area (Å²) >= 11 is 5.78. The van der Waals surface area contributed by atoms with E-state index in [1.807, 2.05) is 0 Å². The maximum Gasteiger partial charge on any atom is 0.336 e. The normalized spacial score (nSPS) is 11.3. The van der Waals surface area contributed by atoms with E-state index in [1.54, 1.807) is 36.4 Å². The van der Waals surface area contributed by atoms with Gasteiger partial charge in [0.05, 0.1) is 5.57 Å². The Balaban J connectivity index is 2.46. The van der Waals surface area contributed by atoms with Gasteiger partial charge in [0.1, 0.15) is 5.75 Å². The molecule has 96 valence electrons. The van der Waals surface area contributed by atoms with E-state index in [0.29, 0.717) is 10.6 Å². The fourth-order valence-corrected chi connectivity index (χ4v) is 1.79. The van der Waals surface area contributed by atoms with E-state index in [1.165, 1.54) is 18.2 Å². The van der Waals surface area contributed by atoms with Crippen molar-refractivity contribution in [3.63, 3.8) is 0 Å². The number of carboxylic acids is 1. The second-order valence-corrected chi connectivity index (χ2v) is 4.40. The molecule has 2 aromatic carbocycles. The third kappa shape index (κ3) is 3.36. The third-order valence-electron chi connectivity index (χ3n) is 2.57. The van der Waals surface area contributed by atoms with Crippen LogP contribution < -0.4 is 0 Å². The first kappa shape index (κ1) is 13.2. The van der Waals surface area contributed by atoms with Gasteiger partial charge in [0.2, 0.25) is 0 Å². The smallest absolute Gasteiger partial charge is 0.336 e. The lowest BCUT2D eigenvalue weighted by Gasteiger charge is -2.04. The van der Waals surface area contributed by atoms with Crippen molar-refractivity contribution in [2.75, 3.05) is 0 Å². The minimum Gasteiger partial charge on any atom is -0.508 e. The topological polar surface area (TPSA) is 57.5 Å². The lowest BCUT2D eigenvalue weighted by molar-refractivity contribution is -0.130. The number of phenolic OH excluding ortho intramolecular Hbond substituents is 1. The molecule has 0 fully saturated rings. The van der Waals surface area contributed by atoms with Gasteiger partial charge < -0.3 is 10.2 Å². The van der Waals surface area contributed by atoms with E-state index in [2.05, 4.69) is 0 Å².